The minimum Gasteiger partial charge on any atom is -0.489 e. The summed E-state index contributed by atoms with van der Waals surface area (Å²) in [7, 11) is 1.91. The summed E-state index contributed by atoms with van der Waals surface area (Å²) in [5.41, 5.74) is 3.08. The highest BCUT2D eigenvalue weighted by Crippen LogP contribution is 2.35. The van der Waals surface area contributed by atoms with Crippen molar-refractivity contribution in [1.29, 1.82) is 0 Å². The van der Waals surface area contributed by atoms with Crippen molar-refractivity contribution >= 4 is 11.7 Å². The number of benzene rings is 1. The van der Waals surface area contributed by atoms with Gasteiger partial charge in [-0.15, -0.1) is 0 Å². The maximum atomic E-state index is 11.3. The van der Waals surface area contributed by atoms with Crippen molar-refractivity contribution < 1.29 is 14.6 Å². The second-order valence-electron chi connectivity index (χ2n) is 5.13. The summed E-state index contributed by atoms with van der Waals surface area (Å²) in [4.78, 5) is 13.4. The van der Waals surface area contributed by atoms with E-state index in [4.69, 9.17) is 4.74 Å². The van der Waals surface area contributed by atoms with Gasteiger partial charge in [-0.05, 0) is 25.1 Å². The van der Waals surface area contributed by atoms with Gasteiger partial charge in [-0.2, -0.15) is 5.10 Å². The maximum absolute atomic E-state index is 11.3. The molecular formula is C15H17N3O3. The minimum absolute atomic E-state index is 0.207. The predicted octanol–water partition coefficient (Wildman–Crippen LogP) is 1.83. The Morgan fingerprint density at radius 1 is 1.48 bits per heavy atom. The summed E-state index contributed by atoms with van der Waals surface area (Å²) in [5, 5.41) is 13.6. The highest BCUT2D eigenvalue weighted by molar-refractivity contribution is 5.93. The Hall–Kier alpha value is -2.50. The first kappa shape index (κ1) is 13.5. The van der Waals surface area contributed by atoms with Crippen LogP contribution >= 0.6 is 0 Å². The van der Waals surface area contributed by atoms with E-state index in [-0.39, 0.29) is 5.56 Å². The van der Waals surface area contributed by atoms with Crippen LogP contribution in [0.5, 0.6) is 5.75 Å². The van der Waals surface area contributed by atoms with Gasteiger partial charge in [-0.25, -0.2) is 4.79 Å². The molecule has 0 atom stereocenters. The number of rotatable bonds is 3. The lowest BCUT2D eigenvalue weighted by Crippen LogP contribution is -2.33. The van der Waals surface area contributed by atoms with Gasteiger partial charge in [-0.1, -0.05) is 6.07 Å². The molecule has 0 saturated carbocycles. The lowest BCUT2D eigenvalue weighted by molar-refractivity contribution is 0.0692. The molecule has 2 aromatic rings. The molecule has 21 heavy (non-hydrogen) atoms. The number of carbonyl (C=O) groups is 1. The van der Waals surface area contributed by atoms with E-state index in [1.807, 2.05) is 30.8 Å². The minimum atomic E-state index is -0.968. The Balaban J connectivity index is 1.96. The van der Waals surface area contributed by atoms with Crippen LogP contribution in [0.25, 0.3) is 0 Å². The Kier molecular flexibility index (Phi) is 3.29. The van der Waals surface area contributed by atoms with Gasteiger partial charge in [0, 0.05) is 7.05 Å². The zero-order valence-corrected chi connectivity index (χ0v) is 12.0. The van der Waals surface area contributed by atoms with Crippen LogP contribution in [-0.4, -0.2) is 34.0 Å². The first-order chi connectivity index (χ1) is 10.1. The van der Waals surface area contributed by atoms with E-state index < -0.39 is 5.97 Å². The molecule has 6 heteroatoms. The third-order valence-electron chi connectivity index (χ3n) is 3.62. The quantitative estimate of drug-likeness (QED) is 0.932. The third kappa shape index (κ3) is 2.44. The number of nitrogens with zero attached hydrogens (tertiary/aromatic N) is 3. The van der Waals surface area contributed by atoms with E-state index in [0.29, 0.717) is 18.9 Å². The fourth-order valence-electron chi connectivity index (χ4n) is 2.64. The summed E-state index contributed by atoms with van der Waals surface area (Å²) in [6.45, 7) is 3.84. The number of aryl methyl sites for hydroxylation is 2. The van der Waals surface area contributed by atoms with Crippen molar-refractivity contribution in [2.24, 2.45) is 7.05 Å². The van der Waals surface area contributed by atoms with E-state index in [9.17, 15) is 9.90 Å². The van der Waals surface area contributed by atoms with Gasteiger partial charge in [0.2, 0.25) is 0 Å². The first-order valence-electron chi connectivity index (χ1n) is 6.80. The molecule has 0 saturated heterocycles. The average Bonchev–Trinajstić information content (AvgIpc) is 2.76. The highest BCUT2D eigenvalue weighted by Gasteiger charge is 2.24. The Morgan fingerprint density at radius 3 is 2.95 bits per heavy atom. The van der Waals surface area contributed by atoms with Gasteiger partial charge >= 0.3 is 5.97 Å². The molecule has 1 aliphatic rings. The number of anilines is 1. The molecule has 0 unspecified atom stereocenters. The molecule has 1 aromatic carbocycles. The van der Waals surface area contributed by atoms with Crippen molar-refractivity contribution in [3.63, 3.8) is 0 Å². The number of carboxylic acid groups (broad SMARTS) is 1. The molecule has 0 spiro atoms. The van der Waals surface area contributed by atoms with Crippen molar-refractivity contribution in [3.8, 4) is 5.75 Å². The van der Waals surface area contributed by atoms with Crippen LogP contribution in [0, 0.1) is 6.92 Å². The Bertz CT molecular complexity index is 693. The number of aromatic carboxylic acids is 1. The second-order valence-corrected chi connectivity index (χ2v) is 5.13. The molecule has 2 heterocycles. The van der Waals surface area contributed by atoms with Crippen LogP contribution < -0.4 is 9.64 Å². The molecule has 0 radical (unpaired) electrons. The van der Waals surface area contributed by atoms with Crippen LogP contribution in [0.2, 0.25) is 0 Å². The number of hydrogen-bond acceptors (Lipinski definition) is 4. The van der Waals surface area contributed by atoms with Gasteiger partial charge in [0.05, 0.1) is 30.2 Å². The summed E-state index contributed by atoms with van der Waals surface area (Å²) in [6.07, 6.45) is 0. The van der Waals surface area contributed by atoms with E-state index in [2.05, 4.69) is 10.00 Å². The zero-order valence-electron chi connectivity index (χ0n) is 12.0. The largest absolute Gasteiger partial charge is 0.489 e. The summed E-state index contributed by atoms with van der Waals surface area (Å²) in [6, 6.07) is 7.25. The summed E-state index contributed by atoms with van der Waals surface area (Å²) < 4.78 is 7.43. The number of aromatic nitrogens is 2. The number of hydrogen-bond donors (Lipinski definition) is 1. The molecule has 0 fully saturated rings. The molecule has 1 aromatic heterocycles. The topological polar surface area (TPSA) is 67.6 Å². The monoisotopic (exact) mass is 287 g/mol. The normalized spacial score (nSPS) is 13.7. The van der Waals surface area contributed by atoms with Crippen LogP contribution in [-0.2, 0) is 13.6 Å². The molecule has 3 rings (SSSR count). The smallest absolute Gasteiger partial charge is 0.339 e. The number of para-hydroxylation sites is 1. The molecule has 0 aliphatic carbocycles. The summed E-state index contributed by atoms with van der Waals surface area (Å²) in [5.74, 6) is -0.514. The van der Waals surface area contributed by atoms with Crippen molar-refractivity contribution in [2.45, 2.75) is 13.5 Å². The third-order valence-corrected chi connectivity index (χ3v) is 3.62. The van der Waals surface area contributed by atoms with Gasteiger partial charge in [0.1, 0.15) is 12.2 Å². The SMILES string of the molecule is Cc1cc(CN2CCOc3c(C(=O)O)cccc32)n(C)n1. The number of fused-ring (bicyclic) bond motifs is 1. The molecule has 6 nitrogen and oxygen atoms in total. The lowest BCUT2D eigenvalue weighted by Gasteiger charge is -2.31. The van der Waals surface area contributed by atoms with Crippen LogP contribution in [0.4, 0.5) is 5.69 Å². The van der Waals surface area contributed by atoms with Crippen molar-refractivity contribution in [3.05, 3.63) is 41.2 Å². The fraction of sp³-hybridized carbons (Fsp3) is 0.333. The van der Waals surface area contributed by atoms with Gasteiger partial charge in [0.25, 0.3) is 0 Å². The lowest BCUT2D eigenvalue weighted by atomic mass is 10.1. The molecule has 0 amide bonds. The molecule has 1 aliphatic heterocycles. The van der Waals surface area contributed by atoms with Crippen LogP contribution in [0.3, 0.4) is 0 Å². The standard InChI is InChI=1S/C15H17N3O3/c1-10-8-11(17(2)16-10)9-18-6-7-21-14-12(15(19)20)4-3-5-13(14)18/h3-5,8H,6-7,9H2,1-2H3,(H,19,20). The fourth-order valence-corrected chi connectivity index (χ4v) is 2.64. The van der Waals surface area contributed by atoms with Crippen molar-refractivity contribution in [1.82, 2.24) is 9.78 Å². The predicted molar refractivity (Wildman–Crippen MR) is 77.9 cm³/mol. The zero-order chi connectivity index (χ0) is 15.0. The molecular weight excluding hydrogens is 270 g/mol. The van der Waals surface area contributed by atoms with E-state index in [1.165, 1.54) is 0 Å². The Labute approximate surface area is 122 Å². The van der Waals surface area contributed by atoms with E-state index in [1.54, 1.807) is 12.1 Å². The number of ether oxygens (including phenoxy) is 1. The molecule has 1 N–H and O–H groups in total. The first-order valence-corrected chi connectivity index (χ1v) is 6.80. The average molecular weight is 287 g/mol. The van der Waals surface area contributed by atoms with Gasteiger partial charge < -0.3 is 14.7 Å². The van der Waals surface area contributed by atoms with Crippen LogP contribution in [0.15, 0.2) is 24.3 Å². The second kappa shape index (κ2) is 5.12. The molecule has 0 bridgehead atoms. The maximum Gasteiger partial charge on any atom is 0.339 e. The van der Waals surface area contributed by atoms with E-state index >= 15 is 0 Å². The molecule has 110 valence electrons. The van der Waals surface area contributed by atoms with Gasteiger partial charge in [0.15, 0.2) is 5.75 Å². The van der Waals surface area contributed by atoms with Crippen LogP contribution in [0.1, 0.15) is 21.7 Å². The number of carboxylic acids is 1. The van der Waals surface area contributed by atoms with E-state index in [0.717, 1.165) is 23.6 Å². The van der Waals surface area contributed by atoms with Crippen molar-refractivity contribution in [2.75, 3.05) is 18.1 Å². The highest BCUT2D eigenvalue weighted by atomic mass is 16.5. The Morgan fingerprint density at radius 2 is 2.29 bits per heavy atom. The summed E-state index contributed by atoms with van der Waals surface area (Å²) >= 11 is 0. The van der Waals surface area contributed by atoms with Gasteiger partial charge in [-0.3, -0.25) is 4.68 Å².